The van der Waals surface area contributed by atoms with Crippen molar-refractivity contribution in [1.82, 2.24) is 25.1 Å². The number of aliphatic hydroxyl groups is 1. The minimum absolute atomic E-state index is 0.187. The van der Waals surface area contributed by atoms with Gasteiger partial charge < -0.3 is 5.11 Å². The monoisotopic (exact) mass is 313 g/mol. The number of hydrogen-bond acceptors (Lipinski definition) is 5. The van der Waals surface area contributed by atoms with Crippen molar-refractivity contribution in [3.63, 3.8) is 0 Å². The molecule has 1 saturated carbocycles. The van der Waals surface area contributed by atoms with E-state index in [1.807, 2.05) is 10.7 Å². The molecule has 1 aliphatic carbocycles. The Morgan fingerprint density at radius 3 is 2.61 bits per heavy atom. The van der Waals surface area contributed by atoms with Gasteiger partial charge in [-0.05, 0) is 48.1 Å². The SMILES string of the molecule is OC[C@@H]1CC[C@@H](c2nnnn2C2CCC2)N1Cc1ccccc1. The third-order valence-corrected chi connectivity index (χ3v) is 5.30. The number of likely N-dealkylation sites (tertiary alicyclic amines) is 1. The molecule has 6 nitrogen and oxygen atoms in total. The van der Waals surface area contributed by atoms with Crippen LogP contribution in [0, 0.1) is 0 Å². The van der Waals surface area contributed by atoms with Crippen molar-refractivity contribution in [3.05, 3.63) is 41.7 Å². The molecule has 6 heteroatoms. The van der Waals surface area contributed by atoms with E-state index in [-0.39, 0.29) is 18.7 Å². The number of rotatable bonds is 5. The number of aliphatic hydroxyl groups excluding tert-OH is 1. The van der Waals surface area contributed by atoms with Gasteiger partial charge in [0.25, 0.3) is 0 Å². The van der Waals surface area contributed by atoms with Crippen molar-refractivity contribution < 1.29 is 5.11 Å². The van der Waals surface area contributed by atoms with Crippen molar-refractivity contribution in [3.8, 4) is 0 Å². The maximum absolute atomic E-state index is 9.77. The van der Waals surface area contributed by atoms with Gasteiger partial charge in [0.2, 0.25) is 0 Å². The van der Waals surface area contributed by atoms with Gasteiger partial charge in [0.1, 0.15) is 0 Å². The highest BCUT2D eigenvalue weighted by atomic mass is 16.3. The molecule has 0 bridgehead atoms. The second-order valence-electron chi connectivity index (χ2n) is 6.65. The van der Waals surface area contributed by atoms with Crippen LogP contribution in [0.4, 0.5) is 0 Å². The highest BCUT2D eigenvalue weighted by molar-refractivity contribution is 5.16. The summed E-state index contributed by atoms with van der Waals surface area (Å²) in [6.07, 6.45) is 5.61. The van der Waals surface area contributed by atoms with Crippen LogP contribution in [0.5, 0.6) is 0 Å². The third kappa shape index (κ3) is 2.77. The van der Waals surface area contributed by atoms with Gasteiger partial charge in [-0.1, -0.05) is 30.3 Å². The molecule has 0 spiro atoms. The Bertz CT molecular complexity index is 639. The van der Waals surface area contributed by atoms with Crippen LogP contribution in [0.3, 0.4) is 0 Å². The first kappa shape index (κ1) is 14.8. The first-order chi connectivity index (χ1) is 11.4. The van der Waals surface area contributed by atoms with Gasteiger partial charge >= 0.3 is 0 Å². The molecule has 1 saturated heterocycles. The summed E-state index contributed by atoms with van der Waals surface area (Å²) in [4.78, 5) is 2.37. The number of nitrogens with zero attached hydrogens (tertiary/aromatic N) is 5. The summed E-state index contributed by atoms with van der Waals surface area (Å²) in [5.41, 5.74) is 1.26. The van der Waals surface area contributed by atoms with Crippen LogP contribution in [-0.2, 0) is 6.54 Å². The van der Waals surface area contributed by atoms with Gasteiger partial charge in [0.15, 0.2) is 5.82 Å². The quantitative estimate of drug-likeness (QED) is 0.915. The van der Waals surface area contributed by atoms with Crippen molar-refractivity contribution in [2.24, 2.45) is 0 Å². The summed E-state index contributed by atoms with van der Waals surface area (Å²) in [6.45, 7) is 1.02. The highest BCUT2D eigenvalue weighted by Crippen LogP contribution is 2.39. The standard InChI is InChI=1S/C17H23N5O/c23-12-15-9-10-16(21(15)11-13-5-2-1-3-6-13)17-18-19-20-22(17)14-7-4-8-14/h1-3,5-6,14-16,23H,4,7-12H2/t15-,16-/m0/s1. The van der Waals surface area contributed by atoms with E-state index >= 15 is 0 Å². The number of aromatic nitrogens is 4. The molecule has 0 amide bonds. The van der Waals surface area contributed by atoms with Gasteiger partial charge in [0.05, 0.1) is 18.7 Å². The Balaban J connectivity index is 1.60. The molecule has 2 aromatic rings. The van der Waals surface area contributed by atoms with Crippen LogP contribution in [-0.4, -0.2) is 42.9 Å². The van der Waals surface area contributed by atoms with Crippen LogP contribution in [0.15, 0.2) is 30.3 Å². The maximum atomic E-state index is 9.77. The van der Waals surface area contributed by atoms with Crippen molar-refractivity contribution in [1.29, 1.82) is 0 Å². The van der Waals surface area contributed by atoms with E-state index in [0.717, 1.165) is 25.2 Å². The highest BCUT2D eigenvalue weighted by Gasteiger charge is 2.38. The molecule has 0 radical (unpaired) electrons. The molecule has 2 atom stereocenters. The molecule has 23 heavy (non-hydrogen) atoms. The maximum Gasteiger partial charge on any atom is 0.168 e. The Hall–Kier alpha value is -1.79. The molecule has 1 aromatic carbocycles. The smallest absolute Gasteiger partial charge is 0.168 e. The molecule has 2 heterocycles. The first-order valence-corrected chi connectivity index (χ1v) is 8.55. The normalized spacial score (nSPS) is 25.6. The van der Waals surface area contributed by atoms with Crippen LogP contribution in [0.1, 0.15) is 55.6 Å². The zero-order valence-electron chi connectivity index (χ0n) is 13.3. The van der Waals surface area contributed by atoms with Crippen LogP contribution < -0.4 is 0 Å². The van der Waals surface area contributed by atoms with E-state index < -0.39 is 0 Å². The fourth-order valence-corrected chi connectivity index (χ4v) is 3.75. The molecule has 1 aliphatic heterocycles. The number of benzene rings is 1. The van der Waals surface area contributed by atoms with E-state index in [4.69, 9.17) is 0 Å². The van der Waals surface area contributed by atoms with Crippen LogP contribution in [0.25, 0.3) is 0 Å². The third-order valence-electron chi connectivity index (χ3n) is 5.30. The average Bonchev–Trinajstić information content (AvgIpc) is 3.13. The second-order valence-corrected chi connectivity index (χ2v) is 6.65. The molecule has 122 valence electrons. The van der Waals surface area contributed by atoms with Gasteiger partial charge in [-0.15, -0.1) is 5.10 Å². The summed E-state index contributed by atoms with van der Waals surface area (Å²) in [6, 6.07) is 11.3. The molecular formula is C17H23N5O. The van der Waals surface area contributed by atoms with Gasteiger partial charge in [-0.25, -0.2) is 4.68 Å². The Morgan fingerprint density at radius 2 is 1.91 bits per heavy atom. The minimum atomic E-state index is 0.187. The van der Waals surface area contributed by atoms with Crippen LogP contribution >= 0.6 is 0 Å². The molecule has 1 aromatic heterocycles. The summed E-state index contributed by atoms with van der Waals surface area (Å²) in [7, 11) is 0. The van der Waals surface area contributed by atoms with E-state index in [1.165, 1.54) is 24.8 Å². The largest absolute Gasteiger partial charge is 0.395 e. The fourth-order valence-electron chi connectivity index (χ4n) is 3.75. The second kappa shape index (κ2) is 6.37. The van der Waals surface area contributed by atoms with E-state index in [9.17, 15) is 5.11 Å². The van der Waals surface area contributed by atoms with Crippen molar-refractivity contribution in [2.75, 3.05) is 6.61 Å². The number of tetrazole rings is 1. The van der Waals surface area contributed by atoms with Crippen LogP contribution in [0.2, 0.25) is 0 Å². The Morgan fingerprint density at radius 1 is 1.09 bits per heavy atom. The predicted molar refractivity (Wildman–Crippen MR) is 85.5 cm³/mol. The molecule has 0 unspecified atom stereocenters. The predicted octanol–water partition coefficient (Wildman–Crippen LogP) is 2.10. The van der Waals surface area contributed by atoms with Crippen molar-refractivity contribution >= 4 is 0 Å². The average molecular weight is 313 g/mol. The lowest BCUT2D eigenvalue weighted by atomic mass is 9.93. The Labute approximate surface area is 136 Å². The van der Waals surface area contributed by atoms with Gasteiger partial charge in [0, 0.05) is 12.6 Å². The summed E-state index contributed by atoms with van der Waals surface area (Å²) < 4.78 is 2.03. The lowest BCUT2D eigenvalue weighted by molar-refractivity contribution is 0.114. The zero-order chi connectivity index (χ0) is 15.6. The molecule has 1 N–H and O–H groups in total. The topological polar surface area (TPSA) is 67.1 Å². The molecule has 2 fully saturated rings. The van der Waals surface area contributed by atoms with E-state index in [0.29, 0.717) is 6.04 Å². The molecular weight excluding hydrogens is 290 g/mol. The lowest BCUT2D eigenvalue weighted by Crippen LogP contribution is -2.35. The summed E-state index contributed by atoms with van der Waals surface area (Å²) >= 11 is 0. The van der Waals surface area contributed by atoms with Gasteiger partial charge in [-0.2, -0.15) is 0 Å². The van der Waals surface area contributed by atoms with E-state index in [2.05, 4.69) is 44.7 Å². The minimum Gasteiger partial charge on any atom is -0.395 e. The molecule has 4 rings (SSSR count). The fraction of sp³-hybridized carbons (Fsp3) is 0.588. The summed E-state index contributed by atoms with van der Waals surface area (Å²) in [5.74, 6) is 0.974. The lowest BCUT2D eigenvalue weighted by Gasteiger charge is -2.31. The zero-order valence-corrected chi connectivity index (χ0v) is 13.3. The van der Waals surface area contributed by atoms with E-state index in [1.54, 1.807) is 0 Å². The molecule has 2 aliphatic rings. The van der Waals surface area contributed by atoms with Crippen molar-refractivity contribution in [2.45, 2.75) is 56.8 Å². The van der Waals surface area contributed by atoms with Gasteiger partial charge in [-0.3, -0.25) is 4.90 Å². The number of hydrogen-bond donors (Lipinski definition) is 1. The Kier molecular flexibility index (Phi) is 4.10. The first-order valence-electron chi connectivity index (χ1n) is 8.55. The summed E-state index contributed by atoms with van der Waals surface area (Å²) in [5, 5.41) is 22.3.